The summed E-state index contributed by atoms with van der Waals surface area (Å²) >= 11 is 0. The number of carboxylic acid groups (broad SMARTS) is 1. The Morgan fingerprint density at radius 1 is 1.21 bits per heavy atom. The summed E-state index contributed by atoms with van der Waals surface area (Å²) in [6.07, 6.45) is 6.44. The first-order chi connectivity index (χ1) is 6.79. The highest BCUT2D eigenvalue weighted by atomic mass is 16.4. The predicted octanol–water partition coefficient (Wildman–Crippen LogP) is 1.77. The smallest absolute Gasteiger partial charge is 0.356 e. The lowest BCUT2D eigenvalue weighted by atomic mass is 9.97. The monoisotopic (exact) mass is 194 g/mol. The molecule has 0 radical (unpaired) electrons. The lowest BCUT2D eigenvalue weighted by molar-refractivity contribution is 0.0689. The number of carboxylic acids is 1. The number of rotatable bonds is 1. The number of nitrogens with one attached hydrogen (secondary N) is 1. The minimum absolute atomic E-state index is 0.224. The summed E-state index contributed by atoms with van der Waals surface area (Å²) in [5.74, 6) is -0.914. The molecule has 2 rings (SSSR count). The van der Waals surface area contributed by atoms with Crippen molar-refractivity contribution in [1.82, 2.24) is 10.2 Å². The van der Waals surface area contributed by atoms with Gasteiger partial charge in [0.2, 0.25) is 0 Å². The van der Waals surface area contributed by atoms with Gasteiger partial charge in [-0.25, -0.2) is 4.79 Å². The maximum absolute atomic E-state index is 10.8. The van der Waals surface area contributed by atoms with Gasteiger partial charge in [0.25, 0.3) is 0 Å². The fourth-order valence-corrected chi connectivity index (χ4v) is 2.01. The highest BCUT2D eigenvalue weighted by Crippen LogP contribution is 2.20. The van der Waals surface area contributed by atoms with Crippen LogP contribution in [0.15, 0.2) is 0 Å². The van der Waals surface area contributed by atoms with E-state index < -0.39 is 5.97 Å². The Balaban J connectivity index is 2.33. The summed E-state index contributed by atoms with van der Waals surface area (Å²) in [4.78, 5) is 10.8. The number of hydrogen-bond donors (Lipinski definition) is 2. The van der Waals surface area contributed by atoms with Crippen LogP contribution in [-0.2, 0) is 12.8 Å². The molecule has 0 aromatic carbocycles. The predicted molar refractivity (Wildman–Crippen MR) is 51.4 cm³/mol. The van der Waals surface area contributed by atoms with E-state index in [4.69, 9.17) is 5.11 Å². The first-order valence-electron chi connectivity index (χ1n) is 5.08. The third kappa shape index (κ3) is 1.64. The van der Waals surface area contributed by atoms with E-state index >= 15 is 0 Å². The minimum Gasteiger partial charge on any atom is -0.476 e. The molecule has 0 saturated carbocycles. The number of H-pyrrole nitrogens is 1. The molecule has 0 fully saturated rings. The van der Waals surface area contributed by atoms with Crippen LogP contribution in [0, 0.1) is 0 Å². The number of aryl methyl sites for hydroxylation is 1. The molecule has 4 heteroatoms. The van der Waals surface area contributed by atoms with E-state index in [1.165, 1.54) is 12.8 Å². The average molecular weight is 194 g/mol. The molecule has 0 atom stereocenters. The van der Waals surface area contributed by atoms with E-state index in [1.807, 2.05) is 0 Å². The van der Waals surface area contributed by atoms with E-state index in [-0.39, 0.29) is 5.69 Å². The second-order valence-electron chi connectivity index (χ2n) is 3.75. The molecule has 0 saturated heterocycles. The Morgan fingerprint density at radius 3 is 2.64 bits per heavy atom. The number of aromatic amines is 1. The van der Waals surface area contributed by atoms with E-state index in [0.29, 0.717) is 0 Å². The summed E-state index contributed by atoms with van der Waals surface area (Å²) in [5, 5.41) is 15.6. The summed E-state index contributed by atoms with van der Waals surface area (Å²) in [7, 11) is 0. The molecule has 1 heterocycles. The van der Waals surface area contributed by atoms with Crippen molar-refractivity contribution in [3.8, 4) is 0 Å². The van der Waals surface area contributed by atoms with Gasteiger partial charge in [0.1, 0.15) is 0 Å². The highest BCUT2D eigenvalue weighted by Gasteiger charge is 2.18. The van der Waals surface area contributed by atoms with Crippen LogP contribution in [-0.4, -0.2) is 21.3 Å². The molecule has 1 aromatic heterocycles. The van der Waals surface area contributed by atoms with Gasteiger partial charge in [-0.1, -0.05) is 12.8 Å². The van der Waals surface area contributed by atoms with Crippen molar-refractivity contribution in [2.24, 2.45) is 0 Å². The number of aromatic nitrogens is 2. The van der Waals surface area contributed by atoms with E-state index in [1.54, 1.807) is 0 Å². The summed E-state index contributed by atoms with van der Waals surface area (Å²) in [5.41, 5.74) is 2.18. The normalized spacial score (nSPS) is 16.9. The summed E-state index contributed by atoms with van der Waals surface area (Å²) in [6, 6.07) is 0. The third-order valence-corrected chi connectivity index (χ3v) is 2.76. The first kappa shape index (κ1) is 9.24. The lowest BCUT2D eigenvalue weighted by Crippen LogP contribution is -2.04. The molecule has 0 unspecified atom stereocenters. The molecule has 0 spiro atoms. The molecule has 1 aliphatic carbocycles. The molecule has 14 heavy (non-hydrogen) atoms. The van der Waals surface area contributed by atoms with Crippen LogP contribution in [0.25, 0.3) is 0 Å². The second kappa shape index (κ2) is 3.82. The zero-order valence-electron chi connectivity index (χ0n) is 8.05. The van der Waals surface area contributed by atoms with Crippen molar-refractivity contribution in [2.45, 2.75) is 38.5 Å². The molecule has 1 aromatic rings. The molecule has 2 N–H and O–H groups in total. The SMILES string of the molecule is O=C(O)c1n[nH]c2c1CCCCCC2. The summed E-state index contributed by atoms with van der Waals surface area (Å²) < 4.78 is 0. The van der Waals surface area contributed by atoms with Crippen molar-refractivity contribution in [1.29, 1.82) is 0 Å². The largest absolute Gasteiger partial charge is 0.476 e. The molecule has 0 bridgehead atoms. The van der Waals surface area contributed by atoms with Gasteiger partial charge < -0.3 is 5.11 Å². The maximum atomic E-state index is 10.8. The second-order valence-corrected chi connectivity index (χ2v) is 3.75. The van der Waals surface area contributed by atoms with Gasteiger partial charge in [-0.3, -0.25) is 5.10 Å². The van der Waals surface area contributed by atoms with Crippen molar-refractivity contribution in [2.75, 3.05) is 0 Å². The third-order valence-electron chi connectivity index (χ3n) is 2.76. The van der Waals surface area contributed by atoms with Crippen LogP contribution >= 0.6 is 0 Å². The van der Waals surface area contributed by atoms with E-state index in [9.17, 15) is 4.79 Å². The average Bonchev–Trinajstić information content (AvgIpc) is 2.47. The Hall–Kier alpha value is -1.32. The molecule has 76 valence electrons. The van der Waals surface area contributed by atoms with Crippen molar-refractivity contribution >= 4 is 5.97 Å². The van der Waals surface area contributed by atoms with Gasteiger partial charge in [0.15, 0.2) is 5.69 Å². The highest BCUT2D eigenvalue weighted by molar-refractivity contribution is 5.87. The van der Waals surface area contributed by atoms with Gasteiger partial charge in [-0.2, -0.15) is 5.10 Å². The zero-order chi connectivity index (χ0) is 9.97. The fourth-order valence-electron chi connectivity index (χ4n) is 2.01. The van der Waals surface area contributed by atoms with Gasteiger partial charge in [0, 0.05) is 11.3 Å². The van der Waals surface area contributed by atoms with E-state index in [0.717, 1.165) is 36.9 Å². The molecule has 4 nitrogen and oxygen atoms in total. The lowest BCUT2D eigenvalue weighted by Gasteiger charge is -2.08. The summed E-state index contributed by atoms with van der Waals surface area (Å²) in [6.45, 7) is 0. The number of hydrogen-bond acceptors (Lipinski definition) is 2. The number of carbonyl (C=O) groups is 1. The number of aromatic carboxylic acids is 1. The maximum Gasteiger partial charge on any atom is 0.356 e. The van der Waals surface area contributed by atoms with Crippen LogP contribution in [0.1, 0.15) is 47.4 Å². The Bertz CT molecular complexity index is 344. The Morgan fingerprint density at radius 2 is 1.93 bits per heavy atom. The molecular weight excluding hydrogens is 180 g/mol. The zero-order valence-corrected chi connectivity index (χ0v) is 8.05. The Labute approximate surface area is 82.3 Å². The van der Waals surface area contributed by atoms with E-state index in [2.05, 4.69) is 10.2 Å². The van der Waals surface area contributed by atoms with Crippen LogP contribution in [0.5, 0.6) is 0 Å². The standard InChI is InChI=1S/C10H14N2O2/c13-10(14)9-7-5-3-1-2-4-6-8(7)11-12-9/h1-6H2,(H,11,12)(H,13,14). The Kier molecular flexibility index (Phi) is 2.52. The van der Waals surface area contributed by atoms with Crippen molar-refractivity contribution in [3.05, 3.63) is 17.0 Å². The quantitative estimate of drug-likeness (QED) is 0.716. The number of nitrogens with zero attached hydrogens (tertiary/aromatic N) is 1. The molecule has 1 aliphatic rings. The van der Waals surface area contributed by atoms with Crippen LogP contribution in [0.2, 0.25) is 0 Å². The minimum atomic E-state index is -0.914. The van der Waals surface area contributed by atoms with Gasteiger partial charge in [-0.05, 0) is 25.7 Å². The van der Waals surface area contributed by atoms with Gasteiger partial charge >= 0.3 is 5.97 Å². The molecular formula is C10H14N2O2. The molecule has 0 amide bonds. The van der Waals surface area contributed by atoms with Crippen LogP contribution in [0.4, 0.5) is 0 Å². The van der Waals surface area contributed by atoms with Gasteiger partial charge in [-0.15, -0.1) is 0 Å². The van der Waals surface area contributed by atoms with Gasteiger partial charge in [0.05, 0.1) is 0 Å². The van der Waals surface area contributed by atoms with Crippen molar-refractivity contribution < 1.29 is 9.90 Å². The topological polar surface area (TPSA) is 66.0 Å². The molecule has 0 aliphatic heterocycles. The van der Waals surface area contributed by atoms with Crippen molar-refractivity contribution in [3.63, 3.8) is 0 Å². The first-order valence-corrected chi connectivity index (χ1v) is 5.08. The van der Waals surface area contributed by atoms with Crippen LogP contribution in [0.3, 0.4) is 0 Å². The fraction of sp³-hybridized carbons (Fsp3) is 0.600. The van der Waals surface area contributed by atoms with Crippen LogP contribution < -0.4 is 0 Å². The number of fused-ring (bicyclic) bond motifs is 1.